The van der Waals surface area contributed by atoms with Crippen LogP contribution in [0.3, 0.4) is 0 Å². The maximum Gasteiger partial charge on any atom is 0.281 e. The van der Waals surface area contributed by atoms with E-state index < -0.39 is 27.3 Å². The number of sulfonamides is 1. The van der Waals surface area contributed by atoms with Crippen LogP contribution < -0.4 is 14.2 Å². The number of carbonyl (C=O) groups is 1. The van der Waals surface area contributed by atoms with Gasteiger partial charge in [-0.05, 0) is 68.7 Å². The topological polar surface area (TPSA) is 107 Å². The first-order chi connectivity index (χ1) is 19.8. The second-order valence-electron chi connectivity index (χ2n) is 11.0. The molecule has 1 amide bonds. The molecule has 0 aliphatic carbocycles. The minimum absolute atomic E-state index is 0.104. The average Bonchev–Trinajstić information content (AvgIpc) is 2.91. The van der Waals surface area contributed by atoms with Crippen molar-refractivity contribution in [2.75, 3.05) is 6.61 Å². The lowest BCUT2D eigenvalue weighted by Crippen LogP contribution is -2.35. The van der Waals surface area contributed by atoms with Gasteiger partial charge in [-0.15, -0.1) is 0 Å². The quantitative estimate of drug-likeness (QED) is 0.223. The molecule has 0 fully saturated rings. The van der Waals surface area contributed by atoms with Crippen molar-refractivity contribution >= 4 is 15.9 Å². The Hall–Kier alpha value is -4.31. The monoisotopic (exact) mass is 591 g/mol. The van der Waals surface area contributed by atoms with Crippen molar-refractivity contribution in [2.45, 2.75) is 51.7 Å². The first kappa shape index (κ1) is 30.6. The van der Waals surface area contributed by atoms with E-state index in [1.54, 1.807) is 19.1 Å². The van der Waals surface area contributed by atoms with Gasteiger partial charge in [-0.1, -0.05) is 50.2 Å². The summed E-state index contributed by atoms with van der Waals surface area (Å²) < 4.78 is 54.6. The van der Waals surface area contributed by atoms with Crippen molar-refractivity contribution < 1.29 is 27.1 Å². The normalized spacial score (nSPS) is 11.8. The number of rotatable bonds is 11. The molecule has 0 saturated heterocycles. The van der Waals surface area contributed by atoms with Crippen molar-refractivity contribution in [1.82, 2.24) is 14.7 Å². The van der Waals surface area contributed by atoms with Crippen molar-refractivity contribution in [3.8, 4) is 22.9 Å². The van der Waals surface area contributed by atoms with Crippen molar-refractivity contribution in [3.63, 3.8) is 0 Å². The van der Waals surface area contributed by atoms with E-state index in [0.717, 1.165) is 5.56 Å². The lowest BCUT2D eigenvalue weighted by Gasteiger charge is -2.27. The van der Waals surface area contributed by atoms with Gasteiger partial charge in [0, 0.05) is 23.7 Å². The van der Waals surface area contributed by atoms with Gasteiger partial charge in [0.15, 0.2) is 5.03 Å². The van der Waals surface area contributed by atoms with E-state index in [4.69, 9.17) is 9.47 Å². The summed E-state index contributed by atoms with van der Waals surface area (Å²) in [5.74, 6) is -0.981. The van der Waals surface area contributed by atoms with Gasteiger partial charge in [0.05, 0.1) is 12.3 Å². The van der Waals surface area contributed by atoms with E-state index in [0.29, 0.717) is 35.7 Å². The Bertz CT molecular complexity index is 1680. The Morgan fingerprint density at radius 3 is 2.40 bits per heavy atom. The fourth-order valence-electron chi connectivity index (χ4n) is 4.19. The number of hydrogen-bond acceptors (Lipinski definition) is 7. The fraction of sp³-hybridized carbons (Fsp3) is 0.281. The number of aryl methyl sites for hydroxylation is 1. The maximum absolute atomic E-state index is 14.6. The number of amides is 1. The SMILES string of the molecule is Cc1cccc(S(=O)(=O)NC(=O)c2ccc(-c3cc(F)cc(OCC(C)C)c3)nc2OC(C)(C)Cc2ccccc2)n1. The van der Waals surface area contributed by atoms with Crippen LogP contribution in [0.15, 0.2) is 83.9 Å². The van der Waals surface area contributed by atoms with Crippen molar-refractivity contribution in [1.29, 1.82) is 0 Å². The minimum atomic E-state index is -4.29. The van der Waals surface area contributed by atoms with Crippen LogP contribution in [0.25, 0.3) is 11.3 Å². The Balaban J connectivity index is 1.72. The molecular formula is C32H34FN3O5S. The number of pyridine rings is 2. The van der Waals surface area contributed by atoms with Gasteiger partial charge in [-0.2, -0.15) is 8.42 Å². The smallest absolute Gasteiger partial charge is 0.281 e. The average molecular weight is 592 g/mol. The Kier molecular flexibility index (Phi) is 9.26. The van der Waals surface area contributed by atoms with Gasteiger partial charge in [0.1, 0.15) is 22.7 Å². The molecule has 0 unspecified atom stereocenters. The van der Waals surface area contributed by atoms with Gasteiger partial charge >= 0.3 is 0 Å². The third-order valence-electron chi connectivity index (χ3n) is 6.07. The lowest BCUT2D eigenvalue weighted by molar-refractivity contribution is 0.0916. The van der Waals surface area contributed by atoms with Crippen LogP contribution in [-0.4, -0.2) is 36.5 Å². The molecule has 10 heteroatoms. The molecule has 0 atom stereocenters. The van der Waals surface area contributed by atoms with Crippen LogP contribution in [0.5, 0.6) is 11.6 Å². The number of benzene rings is 2. The lowest BCUT2D eigenvalue weighted by atomic mass is 9.98. The predicted molar refractivity (Wildman–Crippen MR) is 158 cm³/mol. The van der Waals surface area contributed by atoms with Crippen LogP contribution in [0, 0.1) is 18.7 Å². The second-order valence-corrected chi connectivity index (χ2v) is 12.6. The minimum Gasteiger partial charge on any atom is -0.493 e. The molecule has 1 N–H and O–H groups in total. The molecule has 2 aromatic heterocycles. The third-order valence-corrected chi connectivity index (χ3v) is 7.30. The fourth-order valence-corrected chi connectivity index (χ4v) is 5.17. The first-order valence-corrected chi connectivity index (χ1v) is 15.0. The van der Waals surface area contributed by atoms with E-state index in [-0.39, 0.29) is 22.4 Å². The highest BCUT2D eigenvalue weighted by atomic mass is 32.2. The first-order valence-electron chi connectivity index (χ1n) is 13.5. The molecule has 0 saturated carbocycles. The number of carbonyl (C=O) groups excluding carboxylic acids is 1. The van der Waals surface area contributed by atoms with Crippen LogP contribution in [0.1, 0.15) is 49.3 Å². The number of ether oxygens (including phenoxy) is 2. The van der Waals surface area contributed by atoms with Crippen LogP contribution in [-0.2, 0) is 16.4 Å². The number of aromatic nitrogens is 2. The standard InChI is InChI=1S/C32H34FN3O5S/c1-21(2)20-40-26-17-24(16-25(33)18-26)28-15-14-27(30(37)36-42(38,39)29-13-9-10-22(3)34-29)31(35-28)41-32(4,5)19-23-11-7-6-8-12-23/h6-18,21H,19-20H2,1-5H3,(H,36,37). The van der Waals surface area contributed by atoms with E-state index in [9.17, 15) is 17.6 Å². The third kappa shape index (κ3) is 8.13. The van der Waals surface area contributed by atoms with Crippen LogP contribution in [0.2, 0.25) is 0 Å². The molecule has 220 valence electrons. The molecule has 0 aliphatic heterocycles. The molecule has 42 heavy (non-hydrogen) atoms. The van der Waals surface area contributed by atoms with E-state index in [1.807, 2.05) is 58.0 Å². The zero-order valence-corrected chi connectivity index (χ0v) is 25.0. The molecule has 0 spiro atoms. The van der Waals surface area contributed by atoms with E-state index >= 15 is 0 Å². The summed E-state index contributed by atoms with van der Waals surface area (Å²) >= 11 is 0. The summed E-state index contributed by atoms with van der Waals surface area (Å²) in [5.41, 5.74) is 1.23. The van der Waals surface area contributed by atoms with Gasteiger partial charge in [-0.25, -0.2) is 19.1 Å². The largest absolute Gasteiger partial charge is 0.493 e. The van der Waals surface area contributed by atoms with Gasteiger partial charge < -0.3 is 9.47 Å². The zero-order chi connectivity index (χ0) is 30.5. The summed E-state index contributed by atoms with van der Waals surface area (Å²) in [4.78, 5) is 22.0. The van der Waals surface area contributed by atoms with E-state index in [2.05, 4.69) is 14.7 Å². The number of nitrogens with zero attached hydrogens (tertiary/aromatic N) is 2. The summed E-state index contributed by atoms with van der Waals surface area (Å²) in [6.07, 6.45) is 0.472. The highest BCUT2D eigenvalue weighted by Crippen LogP contribution is 2.30. The van der Waals surface area contributed by atoms with Gasteiger partial charge in [0.2, 0.25) is 5.88 Å². The number of nitrogens with one attached hydrogen (secondary N) is 1. The Morgan fingerprint density at radius 1 is 0.976 bits per heavy atom. The van der Waals surface area contributed by atoms with Crippen LogP contribution in [0.4, 0.5) is 4.39 Å². The molecule has 2 heterocycles. The summed E-state index contributed by atoms with van der Waals surface area (Å²) in [6, 6.07) is 21.3. The molecule has 0 aliphatic rings. The van der Waals surface area contributed by atoms with Crippen molar-refractivity contribution in [3.05, 3.63) is 102 Å². The molecule has 0 radical (unpaired) electrons. The summed E-state index contributed by atoms with van der Waals surface area (Å²) in [5, 5.41) is -0.291. The molecule has 0 bridgehead atoms. The Morgan fingerprint density at radius 2 is 1.71 bits per heavy atom. The molecule has 4 rings (SSSR count). The molecular weight excluding hydrogens is 557 g/mol. The van der Waals surface area contributed by atoms with Crippen LogP contribution >= 0.6 is 0 Å². The molecule has 8 nitrogen and oxygen atoms in total. The highest BCUT2D eigenvalue weighted by molar-refractivity contribution is 7.90. The van der Waals surface area contributed by atoms with Gasteiger partial charge in [-0.3, -0.25) is 4.79 Å². The van der Waals surface area contributed by atoms with Gasteiger partial charge in [0.25, 0.3) is 15.9 Å². The summed E-state index contributed by atoms with van der Waals surface area (Å²) in [6.45, 7) is 9.70. The van der Waals surface area contributed by atoms with E-state index in [1.165, 1.54) is 36.4 Å². The second kappa shape index (κ2) is 12.7. The maximum atomic E-state index is 14.6. The Labute approximate surface area is 246 Å². The molecule has 4 aromatic rings. The zero-order valence-electron chi connectivity index (χ0n) is 24.2. The predicted octanol–water partition coefficient (Wildman–Crippen LogP) is 6.14. The molecule has 2 aromatic carbocycles. The number of halogens is 1. The summed E-state index contributed by atoms with van der Waals surface area (Å²) in [7, 11) is -4.29. The van der Waals surface area contributed by atoms with Crippen molar-refractivity contribution in [2.24, 2.45) is 5.92 Å². The highest BCUT2D eigenvalue weighted by Gasteiger charge is 2.28. The number of hydrogen-bond donors (Lipinski definition) is 1.